The lowest BCUT2D eigenvalue weighted by molar-refractivity contribution is 0.0944. The third-order valence-electron chi connectivity index (χ3n) is 2.68. The third kappa shape index (κ3) is 3.03. The number of aromatic hydroxyl groups is 1. The molecule has 0 saturated carbocycles. The van der Waals surface area contributed by atoms with E-state index in [1.54, 1.807) is 18.3 Å². The number of hydrogen-bond acceptors (Lipinski definition) is 4. The number of methoxy groups -OCH3 is 1. The summed E-state index contributed by atoms with van der Waals surface area (Å²) in [7, 11) is 1.49. The average Bonchev–Trinajstić information content (AvgIpc) is 2.45. The highest BCUT2D eigenvalue weighted by atomic mass is 19.1. The van der Waals surface area contributed by atoms with Gasteiger partial charge in [0.05, 0.1) is 7.11 Å². The number of rotatable bonds is 4. The lowest BCUT2D eigenvalue weighted by atomic mass is 10.1. The van der Waals surface area contributed by atoms with Crippen LogP contribution in [0.2, 0.25) is 0 Å². The number of carbonyl (C=O) groups excluding carboxylic acids is 1. The number of pyridine rings is 1. The fourth-order valence-corrected chi connectivity index (χ4v) is 1.68. The largest absolute Gasteiger partial charge is 0.507 e. The van der Waals surface area contributed by atoms with E-state index in [-0.39, 0.29) is 12.1 Å². The van der Waals surface area contributed by atoms with E-state index in [1.165, 1.54) is 19.2 Å². The lowest BCUT2D eigenvalue weighted by Crippen LogP contribution is -2.24. The Labute approximate surface area is 115 Å². The number of hydrogen-bond donors (Lipinski definition) is 2. The highest BCUT2D eigenvalue weighted by Gasteiger charge is 2.15. The lowest BCUT2D eigenvalue weighted by Gasteiger charge is -2.08. The zero-order valence-corrected chi connectivity index (χ0v) is 10.8. The van der Waals surface area contributed by atoms with Crippen molar-refractivity contribution in [2.45, 2.75) is 6.54 Å². The monoisotopic (exact) mass is 276 g/mol. The van der Waals surface area contributed by atoms with Crippen molar-refractivity contribution in [3.8, 4) is 11.6 Å². The van der Waals surface area contributed by atoms with Crippen LogP contribution in [-0.2, 0) is 6.54 Å². The summed E-state index contributed by atoms with van der Waals surface area (Å²) in [5, 5.41) is 12.0. The van der Waals surface area contributed by atoms with E-state index >= 15 is 0 Å². The molecule has 2 aromatic rings. The number of phenols is 1. The minimum atomic E-state index is -0.769. The van der Waals surface area contributed by atoms with Crippen LogP contribution in [0.3, 0.4) is 0 Å². The first-order valence-electron chi connectivity index (χ1n) is 5.86. The molecule has 2 N–H and O–H groups in total. The van der Waals surface area contributed by atoms with Gasteiger partial charge in [0.15, 0.2) is 0 Å². The van der Waals surface area contributed by atoms with Gasteiger partial charge in [0.1, 0.15) is 17.1 Å². The van der Waals surface area contributed by atoms with Gasteiger partial charge in [0, 0.05) is 18.8 Å². The van der Waals surface area contributed by atoms with E-state index < -0.39 is 17.5 Å². The van der Waals surface area contributed by atoms with Crippen molar-refractivity contribution in [3.05, 3.63) is 53.5 Å². The van der Waals surface area contributed by atoms with E-state index in [0.717, 1.165) is 11.6 Å². The first kappa shape index (κ1) is 13.8. The molecule has 1 amide bonds. The van der Waals surface area contributed by atoms with Gasteiger partial charge in [-0.15, -0.1) is 0 Å². The smallest absolute Gasteiger partial charge is 0.258 e. The fraction of sp³-hybridized carbons (Fsp3) is 0.143. The molecule has 6 heteroatoms. The van der Waals surface area contributed by atoms with E-state index in [2.05, 4.69) is 10.3 Å². The molecule has 0 spiro atoms. The van der Waals surface area contributed by atoms with Crippen LogP contribution in [0.5, 0.6) is 11.6 Å². The number of halogens is 1. The van der Waals surface area contributed by atoms with Gasteiger partial charge >= 0.3 is 0 Å². The van der Waals surface area contributed by atoms with Gasteiger partial charge in [-0.25, -0.2) is 9.37 Å². The van der Waals surface area contributed by atoms with Gasteiger partial charge < -0.3 is 15.2 Å². The Morgan fingerprint density at radius 3 is 2.95 bits per heavy atom. The predicted octanol–water partition coefficient (Wildman–Crippen LogP) is 1.86. The maximum Gasteiger partial charge on any atom is 0.258 e. The molecule has 0 radical (unpaired) electrons. The summed E-state index contributed by atoms with van der Waals surface area (Å²) in [5.74, 6) is -1.42. The number of ether oxygens (including phenoxy) is 1. The van der Waals surface area contributed by atoms with E-state index in [0.29, 0.717) is 5.88 Å². The summed E-state index contributed by atoms with van der Waals surface area (Å²) in [5.41, 5.74) is 0.384. The van der Waals surface area contributed by atoms with Crippen molar-refractivity contribution in [2.24, 2.45) is 0 Å². The standard InChI is InChI=1S/C14H13FN2O3/c1-20-12-7-9(5-6-16-12)8-17-14(19)13-10(15)3-2-4-11(13)18/h2-7,18H,8H2,1H3,(H,17,19). The van der Waals surface area contributed by atoms with Crippen LogP contribution in [0.4, 0.5) is 4.39 Å². The normalized spacial score (nSPS) is 10.1. The van der Waals surface area contributed by atoms with Crippen molar-refractivity contribution >= 4 is 5.91 Å². The molecule has 0 aliphatic carbocycles. The molecule has 5 nitrogen and oxygen atoms in total. The molecule has 0 unspecified atom stereocenters. The van der Waals surface area contributed by atoms with Gasteiger partial charge in [-0.1, -0.05) is 6.07 Å². The summed E-state index contributed by atoms with van der Waals surface area (Å²) < 4.78 is 18.5. The van der Waals surface area contributed by atoms with E-state index in [9.17, 15) is 14.3 Å². The van der Waals surface area contributed by atoms with Crippen LogP contribution in [0.15, 0.2) is 36.5 Å². The Hall–Kier alpha value is -2.63. The SMILES string of the molecule is COc1cc(CNC(=O)c2c(O)cccc2F)ccn1. The maximum atomic E-state index is 13.5. The molecule has 1 aromatic heterocycles. The topological polar surface area (TPSA) is 71.5 Å². The number of benzene rings is 1. The van der Waals surface area contributed by atoms with Crippen LogP contribution < -0.4 is 10.1 Å². The first-order chi connectivity index (χ1) is 9.61. The van der Waals surface area contributed by atoms with Gasteiger partial charge in [0.2, 0.25) is 5.88 Å². The zero-order chi connectivity index (χ0) is 14.5. The average molecular weight is 276 g/mol. The predicted molar refractivity (Wildman–Crippen MR) is 70.0 cm³/mol. The second kappa shape index (κ2) is 6.01. The number of amides is 1. The van der Waals surface area contributed by atoms with Crippen LogP contribution in [0, 0.1) is 5.82 Å². The Kier molecular flexibility index (Phi) is 4.14. The summed E-state index contributed by atoms with van der Waals surface area (Å²) in [6.07, 6.45) is 1.54. The summed E-state index contributed by atoms with van der Waals surface area (Å²) in [6, 6.07) is 7.05. The van der Waals surface area contributed by atoms with Crippen molar-refractivity contribution in [1.82, 2.24) is 10.3 Å². The third-order valence-corrected chi connectivity index (χ3v) is 2.68. The maximum absolute atomic E-state index is 13.5. The van der Waals surface area contributed by atoms with Gasteiger partial charge in [-0.05, 0) is 23.8 Å². The minimum Gasteiger partial charge on any atom is -0.507 e. The van der Waals surface area contributed by atoms with E-state index in [4.69, 9.17) is 4.74 Å². The molecular weight excluding hydrogens is 263 g/mol. The van der Waals surface area contributed by atoms with Gasteiger partial charge in [0.25, 0.3) is 5.91 Å². The number of nitrogens with zero attached hydrogens (tertiary/aromatic N) is 1. The summed E-state index contributed by atoms with van der Waals surface area (Å²) in [4.78, 5) is 15.8. The van der Waals surface area contributed by atoms with Crippen LogP contribution in [-0.4, -0.2) is 23.1 Å². The molecule has 0 saturated heterocycles. The highest BCUT2D eigenvalue weighted by Crippen LogP contribution is 2.19. The highest BCUT2D eigenvalue weighted by molar-refractivity contribution is 5.97. The zero-order valence-electron chi connectivity index (χ0n) is 10.8. The van der Waals surface area contributed by atoms with Crippen molar-refractivity contribution < 1.29 is 19.0 Å². The Balaban J connectivity index is 2.09. The molecule has 1 heterocycles. The molecule has 20 heavy (non-hydrogen) atoms. The summed E-state index contributed by atoms with van der Waals surface area (Å²) in [6.45, 7) is 0.172. The Bertz CT molecular complexity index is 611. The fourth-order valence-electron chi connectivity index (χ4n) is 1.68. The first-order valence-corrected chi connectivity index (χ1v) is 5.86. The van der Waals surface area contributed by atoms with Crippen molar-refractivity contribution in [1.29, 1.82) is 0 Å². The molecule has 0 fully saturated rings. The molecular formula is C14H13FN2O3. The number of nitrogens with one attached hydrogen (secondary N) is 1. The van der Waals surface area contributed by atoms with Crippen molar-refractivity contribution in [2.75, 3.05) is 7.11 Å². The molecule has 1 aromatic carbocycles. The number of phenolic OH excluding ortho intramolecular Hbond substituents is 1. The van der Waals surface area contributed by atoms with Crippen LogP contribution >= 0.6 is 0 Å². The molecule has 0 aliphatic rings. The second-order valence-corrected chi connectivity index (χ2v) is 4.02. The number of carbonyl (C=O) groups is 1. The minimum absolute atomic E-state index is 0.172. The molecule has 0 aliphatic heterocycles. The molecule has 0 bridgehead atoms. The molecule has 104 valence electrons. The molecule has 0 atom stereocenters. The second-order valence-electron chi connectivity index (χ2n) is 4.02. The van der Waals surface area contributed by atoms with Crippen LogP contribution in [0.25, 0.3) is 0 Å². The molecule has 2 rings (SSSR count). The number of aromatic nitrogens is 1. The van der Waals surface area contributed by atoms with E-state index in [1.807, 2.05) is 0 Å². The van der Waals surface area contributed by atoms with Crippen LogP contribution in [0.1, 0.15) is 15.9 Å². The summed E-state index contributed by atoms with van der Waals surface area (Å²) >= 11 is 0. The van der Waals surface area contributed by atoms with Crippen molar-refractivity contribution in [3.63, 3.8) is 0 Å². The van der Waals surface area contributed by atoms with Gasteiger partial charge in [-0.2, -0.15) is 0 Å². The Morgan fingerprint density at radius 2 is 2.25 bits per heavy atom. The quantitative estimate of drug-likeness (QED) is 0.894. The Morgan fingerprint density at radius 1 is 1.45 bits per heavy atom. The van der Waals surface area contributed by atoms with Gasteiger partial charge in [-0.3, -0.25) is 4.79 Å².